The van der Waals surface area contributed by atoms with Crippen molar-refractivity contribution < 1.29 is 9.59 Å². The molecule has 0 spiro atoms. The van der Waals surface area contributed by atoms with Crippen LogP contribution in [-0.4, -0.2) is 32.0 Å². The largest absolute Gasteiger partial charge is 0.274 e. The van der Waals surface area contributed by atoms with E-state index in [9.17, 15) is 9.59 Å². The molecule has 0 atom stereocenters. The molecule has 0 fully saturated rings. The number of amides is 2. The Morgan fingerprint density at radius 2 is 1.23 bits per heavy atom. The topological polar surface area (TPSA) is 63.2 Å². The molecule has 0 saturated carbocycles. The third-order valence-corrected chi connectivity index (χ3v) is 5.64. The van der Waals surface area contributed by atoms with Crippen molar-refractivity contribution >= 4 is 34.6 Å². The molecular weight excluding hydrogens is 346 g/mol. The molecule has 0 aliphatic carbocycles. The minimum Gasteiger partial charge on any atom is -0.274 e. The first-order chi connectivity index (χ1) is 12.7. The Bertz CT molecular complexity index is 722. The van der Waals surface area contributed by atoms with Gasteiger partial charge in [-0.1, -0.05) is 64.7 Å². The van der Waals surface area contributed by atoms with E-state index in [0.29, 0.717) is 28.7 Å². The van der Waals surface area contributed by atoms with Crippen LogP contribution in [0.3, 0.4) is 0 Å². The van der Waals surface area contributed by atoms with Crippen molar-refractivity contribution in [2.24, 2.45) is 0 Å². The van der Waals surface area contributed by atoms with Gasteiger partial charge in [-0.3, -0.25) is 14.5 Å². The van der Waals surface area contributed by atoms with Crippen molar-refractivity contribution in [2.75, 3.05) is 6.54 Å². The van der Waals surface area contributed by atoms with Gasteiger partial charge >= 0.3 is 0 Å². The number of fused-ring (bicyclic) bond motifs is 2. The van der Waals surface area contributed by atoms with Gasteiger partial charge in [0.2, 0.25) is 0 Å². The Morgan fingerprint density at radius 3 is 1.73 bits per heavy atom. The zero-order valence-electron chi connectivity index (χ0n) is 15.5. The Kier molecular flexibility index (Phi) is 6.72. The predicted molar refractivity (Wildman–Crippen MR) is 105 cm³/mol. The van der Waals surface area contributed by atoms with Crippen LogP contribution in [0.2, 0.25) is 0 Å². The molecule has 1 aromatic heterocycles. The SMILES string of the molecule is CCCCCCCCCCCCN1C(=O)c2cc3nsnc3cc2C1=O. The maximum atomic E-state index is 12.5. The van der Waals surface area contributed by atoms with Crippen LogP contribution in [0.5, 0.6) is 0 Å². The number of rotatable bonds is 11. The summed E-state index contributed by atoms with van der Waals surface area (Å²) in [4.78, 5) is 26.4. The van der Waals surface area contributed by atoms with Crippen molar-refractivity contribution in [1.29, 1.82) is 0 Å². The molecule has 0 radical (unpaired) electrons. The number of hydrogen-bond acceptors (Lipinski definition) is 5. The van der Waals surface area contributed by atoms with E-state index in [1.807, 2.05) is 0 Å². The van der Waals surface area contributed by atoms with E-state index in [0.717, 1.165) is 24.6 Å². The van der Waals surface area contributed by atoms with Crippen LogP contribution >= 0.6 is 11.7 Å². The fourth-order valence-corrected chi connectivity index (χ4v) is 4.04. The summed E-state index contributed by atoms with van der Waals surface area (Å²) in [7, 11) is 0. The molecule has 2 heterocycles. The summed E-state index contributed by atoms with van der Waals surface area (Å²) < 4.78 is 8.31. The molecule has 1 aromatic carbocycles. The summed E-state index contributed by atoms with van der Waals surface area (Å²) in [6, 6.07) is 3.40. The van der Waals surface area contributed by atoms with Gasteiger partial charge in [-0.25, -0.2) is 0 Å². The molecule has 6 heteroatoms. The third-order valence-electron chi connectivity index (χ3n) is 5.08. The number of carbonyl (C=O) groups excluding carboxylic acids is 2. The zero-order chi connectivity index (χ0) is 18.4. The van der Waals surface area contributed by atoms with E-state index in [-0.39, 0.29) is 11.8 Å². The van der Waals surface area contributed by atoms with Crippen molar-refractivity contribution in [3.63, 3.8) is 0 Å². The fourth-order valence-electron chi connectivity index (χ4n) is 3.53. The van der Waals surface area contributed by atoms with Crippen molar-refractivity contribution in [3.05, 3.63) is 23.3 Å². The quantitative estimate of drug-likeness (QED) is 0.401. The molecule has 0 unspecified atom stereocenters. The van der Waals surface area contributed by atoms with Crippen molar-refractivity contribution in [1.82, 2.24) is 13.6 Å². The van der Waals surface area contributed by atoms with Crippen LogP contribution in [0.25, 0.3) is 11.0 Å². The fraction of sp³-hybridized carbons (Fsp3) is 0.600. The average molecular weight is 374 g/mol. The van der Waals surface area contributed by atoms with Crippen molar-refractivity contribution in [3.8, 4) is 0 Å². The van der Waals surface area contributed by atoms with Crippen LogP contribution in [-0.2, 0) is 0 Å². The van der Waals surface area contributed by atoms with Gasteiger partial charge in [0, 0.05) is 6.54 Å². The summed E-state index contributed by atoms with van der Waals surface area (Å²) in [5, 5.41) is 0. The standard InChI is InChI=1S/C20H27N3O2S/c1-2-3-4-5-6-7-8-9-10-11-12-23-19(24)15-13-17-18(22-26-21-17)14-16(15)20(23)25/h13-14H,2-12H2,1H3. The van der Waals surface area contributed by atoms with E-state index in [1.165, 1.54) is 56.3 Å². The molecule has 0 saturated heterocycles. The molecule has 1 aliphatic heterocycles. The van der Waals surface area contributed by atoms with Crippen LogP contribution in [0.4, 0.5) is 0 Å². The summed E-state index contributed by atoms with van der Waals surface area (Å²) in [6.45, 7) is 2.75. The summed E-state index contributed by atoms with van der Waals surface area (Å²) in [5.74, 6) is -0.369. The highest BCUT2D eigenvalue weighted by Gasteiger charge is 2.35. The lowest BCUT2D eigenvalue weighted by Gasteiger charge is -2.13. The average Bonchev–Trinajstić information content (AvgIpc) is 3.19. The minimum absolute atomic E-state index is 0.184. The second kappa shape index (κ2) is 9.21. The Hall–Kier alpha value is -1.82. The van der Waals surface area contributed by atoms with Crippen LogP contribution in [0, 0.1) is 0 Å². The van der Waals surface area contributed by atoms with Gasteiger partial charge < -0.3 is 0 Å². The normalized spacial score (nSPS) is 13.8. The Morgan fingerprint density at radius 1 is 0.769 bits per heavy atom. The first-order valence-corrected chi connectivity index (χ1v) is 10.6. The van der Waals surface area contributed by atoms with Crippen molar-refractivity contribution in [2.45, 2.75) is 71.1 Å². The molecule has 140 valence electrons. The van der Waals surface area contributed by atoms with Crippen LogP contribution < -0.4 is 0 Å². The summed E-state index contributed by atoms with van der Waals surface area (Å²) in [6.07, 6.45) is 12.4. The zero-order valence-corrected chi connectivity index (χ0v) is 16.3. The maximum Gasteiger partial charge on any atom is 0.261 e. The molecular formula is C20H27N3O2S. The van der Waals surface area contributed by atoms with Gasteiger partial charge in [0.1, 0.15) is 11.0 Å². The first kappa shape index (κ1) is 19.0. The van der Waals surface area contributed by atoms with E-state index in [2.05, 4.69) is 15.7 Å². The highest BCUT2D eigenvalue weighted by Crippen LogP contribution is 2.27. The second-order valence-electron chi connectivity index (χ2n) is 7.09. The molecule has 5 nitrogen and oxygen atoms in total. The predicted octanol–water partition coefficient (Wildman–Crippen LogP) is 5.21. The smallest absolute Gasteiger partial charge is 0.261 e. The molecule has 2 aromatic rings. The number of aromatic nitrogens is 2. The lowest BCUT2D eigenvalue weighted by atomic mass is 10.1. The number of nitrogens with zero attached hydrogens (tertiary/aromatic N) is 3. The molecule has 0 N–H and O–H groups in total. The van der Waals surface area contributed by atoms with Gasteiger partial charge in [-0.15, -0.1) is 0 Å². The molecule has 2 amide bonds. The maximum absolute atomic E-state index is 12.5. The number of benzene rings is 1. The Labute approximate surface area is 159 Å². The van der Waals surface area contributed by atoms with Crippen LogP contribution in [0.15, 0.2) is 12.1 Å². The number of imide groups is 1. The van der Waals surface area contributed by atoms with Gasteiger partial charge in [-0.2, -0.15) is 8.75 Å². The third kappa shape index (κ3) is 4.29. The van der Waals surface area contributed by atoms with E-state index < -0.39 is 0 Å². The second-order valence-corrected chi connectivity index (χ2v) is 7.62. The first-order valence-electron chi connectivity index (χ1n) is 9.85. The molecule has 1 aliphatic rings. The number of carbonyl (C=O) groups is 2. The van der Waals surface area contributed by atoms with Crippen LogP contribution in [0.1, 0.15) is 91.8 Å². The summed E-state index contributed by atoms with van der Waals surface area (Å²) >= 11 is 1.10. The number of hydrogen-bond donors (Lipinski definition) is 0. The highest BCUT2D eigenvalue weighted by molar-refractivity contribution is 7.00. The lowest BCUT2D eigenvalue weighted by Crippen LogP contribution is -2.30. The van der Waals surface area contributed by atoms with Gasteiger partial charge in [0.05, 0.1) is 22.9 Å². The van der Waals surface area contributed by atoms with E-state index in [4.69, 9.17) is 0 Å². The van der Waals surface area contributed by atoms with Gasteiger partial charge in [-0.05, 0) is 18.6 Å². The molecule has 0 bridgehead atoms. The summed E-state index contributed by atoms with van der Waals surface area (Å²) in [5.41, 5.74) is 2.33. The van der Waals surface area contributed by atoms with Gasteiger partial charge in [0.15, 0.2) is 0 Å². The number of unbranched alkanes of at least 4 members (excludes halogenated alkanes) is 9. The lowest BCUT2D eigenvalue weighted by molar-refractivity contribution is 0.0651. The minimum atomic E-state index is -0.184. The Balaban J connectivity index is 1.39. The molecule has 26 heavy (non-hydrogen) atoms. The van der Waals surface area contributed by atoms with E-state index in [1.54, 1.807) is 12.1 Å². The van der Waals surface area contributed by atoms with E-state index >= 15 is 0 Å². The highest BCUT2D eigenvalue weighted by atomic mass is 32.1. The molecule has 3 rings (SSSR count). The van der Waals surface area contributed by atoms with Gasteiger partial charge in [0.25, 0.3) is 11.8 Å². The monoisotopic (exact) mass is 373 g/mol.